The minimum absolute atomic E-state index is 0.0988. The van der Waals surface area contributed by atoms with E-state index >= 15 is 0 Å². The fraction of sp³-hybridized carbons (Fsp3) is 0.615. The van der Waals surface area contributed by atoms with Crippen LogP contribution >= 0.6 is 11.3 Å². The zero-order chi connectivity index (χ0) is 16.7. The molecule has 0 aromatic carbocycles. The highest BCUT2D eigenvalue weighted by Gasteiger charge is 2.41. The summed E-state index contributed by atoms with van der Waals surface area (Å²) in [6.07, 6.45) is -1.07. The van der Waals surface area contributed by atoms with Gasteiger partial charge >= 0.3 is 4.87 Å². The van der Waals surface area contributed by atoms with E-state index in [1.54, 1.807) is 0 Å². The fourth-order valence-electron chi connectivity index (χ4n) is 2.96. The maximum atomic E-state index is 12.4. The molecule has 1 aliphatic rings. The Morgan fingerprint density at radius 1 is 1.57 bits per heavy atom. The normalized spacial score (nSPS) is 26.0. The van der Waals surface area contributed by atoms with Crippen molar-refractivity contribution in [3.8, 4) is 0 Å². The number of anilines is 1. The molecular weight excluding hydrogens is 324 g/mol. The summed E-state index contributed by atoms with van der Waals surface area (Å²) in [4.78, 5) is 30.3. The molecule has 2 aromatic rings. The van der Waals surface area contributed by atoms with Crippen LogP contribution in [0.15, 0.2) is 9.59 Å². The first-order valence-electron chi connectivity index (χ1n) is 7.31. The molecule has 1 unspecified atom stereocenters. The number of nitrogens with two attached hydrogens (primary N) is 1. The van der Waals surface area contributed by atoms with Crippen molar-refractivity contribution in [3.05, 3.63) is 20.0 Å². The van der Waals surface area contributed by atoms with Crippen LogP contribution in [0.2, 0.25) is 0 Å². The van der Waals surface area contributed by atoms with Gasteiger partial charge in [0.05, 0.1) is 18.8 Å². The predicted molar refractivity (Wildman–Crippen MR) is 84.3 cm³/mol. The molecule has 1 fully saturated rings. The zero-order valence-corrected chi connectivity index (χ0v) is 13.2. The van der Waals surface area contributed by atoms with Crippen LogP contribution in [-0.2, 0) is 4.74 Å². The number of rotatable bonds is 4. The molecule has 23 heavy (non-hydrogen) atoms. The van der Waals surface area contributed by atoms with E-state index in [2.05, 4.69) is 9.97 Å². The van der Waals surface area contributed by atoms with Gasteiger partial charge in [0.1, 0.15) is 10.9 Å². The van der Waals surface area contributed by atoms with Gasteiger partial charge in [0.15, 0.2) is 5.65 Å². The molecule has 0 radical (unpaired) electrons. The molecule has 0 aliphatic carbocycles. The molecule has 10 heteroatoms. The second-order valence-electron chi connectivity index (χ2n) is 5.55. The van der Waals surface area contributed by atoms with Gasteiger partial charge in [-0.05, 0) is 12.8 Å². The number of thiazole rings is 1. The van der Waals surface area contributed by atoms with Gasteiger partial charge in [-0.25, -0.2) is 0 Å². The molecule has 0 saturated carbocycles. The number of aromatic nitrogens is 3. The van der Waals surface area contributed by atoms with Crippen LogP contribution in [0.4, 0.5) is 5.95 Å². The lowest BCUT2D eigenvalue weighted by molar-refractivity contribution is -0.0496. The van der Waals surface area contributed by atoms with Crippen LogP contribution < -0.4 is 16.2 Å². The number of nitrogens with zero attached hydrogens (tertiary/aromatic N) is 2. The first-order valence-corrected chi connectivity index (χ1v) is 8.13. The Balaban J connectivity index is 2.16. The number of nitrogen functional groups attached to an aromatic ring is 1. The molecule has 126 valence electrons. The summed E-state index contributed by atoms with van der Waals surface area (Å²) in [5.74, 6) is -0.478. The number of H-pyrrole nitrogens is 1. The molecule has 3 rings (SSSR count). The fourth-order valence-corrected chi connectivity index (χ4v) is 3.81. The summed E-state index contributed by atoms with van der Waals surface area (Å²) in [5.41, 5.74) is 5.22. The Bertz CT molecular complexity index is 828. The first kappa shape index (κ1) is 16.1. The highest BCUT2D eigenvalue weighted by Crippen LogP contribution is 2.38. The monoisotopic (exact) mass is 342 g/mol. The maximum absolute atomic E-state index is 12.4. The minimum Gasteiger partial charge on any atom is -0.394 e. The number of aliphatic hydroxyl groups is 2. The van der Waals surface area contributed by atoms with Gasteiger partial charge in [0.25, 0.3) is 5.56 Å². The number of hydrogen-bond donors (Lipinski definition) is 4. The van der Waals surface area contributed by atoms with Crippen molar-refractivity contribution in [1.82, 2.24) is 14.5 Å². The number of hydrogen-bond acceptors (Lipinski definition) is 8. The molecular formula is C13H18N4O5S. The summed E-state index contributed by atoms with van der Waals surface area (Å²) in [6, 6.07) is 0. The number of ether oxygens (including phenoxy) is 1. The Labute approximate surface area is 134 Å². The quantitative estimate of drug-likeness (QED) is 0.580. The minimum atomic E-state index is -0.794. The van der Waals surface area contributed by atoms with E-state index in [9.17, 15) is 19.8 Å². The molecule has 5 N–H and O–H groups in total. The number of aromatic amines is 1. The second-order valence-corrected chi connectivity index (χ2v) is 6.51. The average molecular weight is 342 g/mol. The highest BCUT2D eigenvalue weighted by atomic mass is 32.1. The van der Waals surface area contributed by atoms with Crippen LogP contribution in [0.3, 0.4) is 0 Å². The summed E-state index contributed by atoms with van der Waals surface area (Å²) in [7, 11) is 0. The van der Waals surface area contributed by atoms with E-state index in [0.717, 1.165) is 11.3 Å². The lowest BCUT2D eigenvalue weighted by Crippen LogP contribution is -2.30. The van der Waals surface area contributed by atoms with Crippen molar-refractivity contribution < 1.29 is 14.9 Å². The molecule has 0 bridgehead atoms. The van der Waals surface area contributed by atoms with E-state index in [1.807, 2.05) is 6.92 Å². The summed E-state index contributed by atoms with van der Waals surface area (Å²) in [5, 5.41) is 19.6. The van der Waals surface area contributed by atoms with Gasteiger partial charge in [-0.1, -0.05) is 18.3 Å². The number of fused-ring (bicyclic) bond motifs is 1. The molecule has 2 aromatic heterocycles. The predicted octanol–water partition coefficient (Wildman–Crippen LogP) is -0.605. The molecule has 4 atom stereocenters. The smallest absolute Gasteiger partial charge is 0.311 e. The zero-order valence-electron chi connectivity index (χ0n) is 12.4. The van der Waals surface area contributed by atoms with Crippen molar-refractivity contribution in [3.63, 3.8) is 0 Å². The van der Waals surface area contributed by atoms with Crippen molar-refractivity contribution >= 4 is 27.6 Å². The summed E-state index contributed by atoms with van der Waals surface area (Å²) < 4.78 is 7.14. The van der Waals surface area contributed by atoms with E-state index in [4.69, 9.17) is 10.5 Å². The van der Waals surface area contributed by atoms with Gasteiger partial charge in [-0.15, -0.1) is 0 Å². The van der Waals surface area contributed by atoms with Crippen LogP contribution in [0.1, 0.15) is 26.0 Å². The van der Waals surface area contributed by atoms with Crippen molar-refractivity contribution in [2.24, 2.45) is 5.92 Å². The second kappa shape index (κ2) is 6.04. The first-order chi connectivity index (χ1) is 11.0. The van der Waals surface area contributed by atoms with Crippen molar-refractivity contribution in [2.45, 2.75) is 38.2 Å². The third kappa shape index (κ3) is 2.67. The molecule has 1 saturated heterocycles. The van der Waals surface area contributed by atoms with Crippen LogP contribution in [0, 0.1) is 5.92 Å². The van der Waals surface area contributed by atoms with Crippen LogP contribution in [-0.4, -0.2) is 43.6 Å². The largest absolute Gasteiger partial charge is 0.394 e. The van der Waals surface area contributed by atoms with Gasteiger partial charge in [-0.3, -0.25) is 19.1 Å². The van der Waals surface area contributed by atoms with Gasteiger partial charge in [0, 0.05) is 5.92 Å². The topological polar surface area (TPSA) is 143 Å². The lowest BCUT2D eigenvalue weighted by atomic mass is 9.95. The summed E-state index contributed by atoms with van der Waals surface area (Å²) >= 11 is 0.753. The van der Waals surface area contributed by atoms with E-state index in [0.29, 0.717) is 12.8 Å². The highest BCUT2D eigenvalue weighted by molar-refractivity contribution is 7.16. The van der Waals surface area contributed by atoms with Gasteiger partial charge in [-0.2, -0.15) is 4.98 Å². The van der Waals surface area contributed by atoms with Crippen LogP contribution in [0.5, 0.6) is 0 Å². The Morgan fingerprint density at radius 2 is 2.30 bits per heavy atom. The lowest BCUT2D eigenvalue weighted by Gasteiger charge is -2.23. The molecule has 9 nitrogen and oxygen atoms in total. The molecule has 0 amide bonds. The SMILES string of the molecule is CCC(O)[C@@H]1C[C@@H](CO)O[C@H]1n1c(=O)sc2c(=O)[nH]c(N)nc21. The standard InChI is InChI=1S/C13H18N4O5S/c1-2-7(19)6-3-5(4-18)22-11(6)17-9-8(23-13(17)21)10(20)16-12(14)15-9/h5-7,11,18-19H,2-4H2,1H3,(H3,14,15,16,20)/t5-,6-,7?,11+/m0/s1. The third-order valence-electron chi connectivity index (χ3n) is 4.10. The van der Waals surface area contributed by atoms with Gasteiger partial charge < -0.3 is 20.7 Å². The number of nitrogens with one attached hydrogen (secondary N) is 1. The van der Waals surface area contributed by atoms with Crippen LogP contribution in [0.25, 0.3) is 10.3 Å². The average Bonchev–Trinajstić information content (AvgIpc) is 3.07. The van der Waals surface area contributed by atoms with E-state index in [-0.39, 0.29) is 28.8 Å². The Morgan fingerprint density at radius 3 is 2.96 bits per heavy atom. The molecule has 3 heterocycles. The van der Waals surface area contributed by atoms with E-state index in [1.165, 1.54) is 4.57 Å². The number of aliphatic hydroxyl groups excluding tert-OH is 2. The Hall–Kier alpha value is -1.75. The Kier molecular flexibility index (Phi) is 4.23. The van der Waals surface area contributed by atoms with Crippen molar-refractivity contribution in [1.29, 1.82) is 0 Å². The van der Waals surface area contributed by atoms with E-state index < -0.39 is 28.9 Å². The maximum Gasteiger partial charge on any atom is 0.311 e. The molecule has 0 spiro atoms. The van der Waals surface area contributed by atoms with Gasteiger partial charge in [0.2, 0.25) is 5.95 Å². The summed E-state index contributed by atoms with van der Waals surface area (Å²) in [6.45, 7) is 1.61. The third-order valence-corrected chi connectivity index (χ3v) is 5.04. The van der Waals surface area contributed by atoms with Crippen molar-refractivity contribution in [2.75, 3.05) is 12.3 Å². The molecule has 1 aliphatic heterocycles.